The van der Waals surface area contributed by atoms with E-state index in [2.05, 4.69) is 20.7 Å². The second-order valence-corrected chi connectivity index (χ2v) is 9.12. The minimum atomic E-state index is -0.387. The van der Waals surface area contributed by atoms with Crippen molar-refractivity contribution in [1.82, 2.24) is 14.8 Å². The Hall–Kier alpha value is -3.20. The predicted octanol–water partition coefficient (Wildman–Crippen LogP) is 4.23. The van der Waals surface area contributed by atoms with E-state index in [-0.39, 0.29) is 28.8 Å². The van der Waals surface area contributed by atoms with E-state index in [1.165, 1.54) is 6.20 Å². The second-order valence-electron chi connectivity index (χ2n) is 8.09. The van der Waals surface area contributed by atoms with Crippen molar-refractivity contribution in [3.05, 3.63) is 51.8 Å². The SMILES string of the molecule is Cc1ccc(O)c(C)c1NC(=O)c1cnc(NC(=O)c2cc(C)n(C(C)(C)C)n2)s1. The fraction of sp³-hybridized carbons (Fsp3) is 0.333. The number of nitrogens with one attached hydrogen (secondary N) is 2. The van der Waals surface area contributed by atoms with Crippen LogP contribution in [0.3, 0.4) is 0 Å². The molecular formula is C21H25N5O3S. The summed E-state index contributed by atoms with van der Waals surface area (Å²) in [5.74, 6) is -0.641. The highest BCUT2D eigenvalue weighted by Gasteiger charge is 2.21. The van der Waals surface area contributed by atoms with Crippen LogP contribution in [0.1, 0.15) is 57.8 Å². The van der Waals surface area contributed by atoms with Gasteiger partial charge in [0.05, 0.1) is 17.4 Å². The van der Waals surface area contributed by atoms with Crippen molar-refractivity contribution in [2.75, 3.05) is 10.6 Å². The molecule has 0 unspecified atom stereocenters. The Bertz CT molecular complexity index is 1120. The van der Waals surface area contributed by atoms with Gasteiger partial charge in [-0.25, -0.2) is 4.98 Å². The number of amides is 2. The molecule has 0 spiro atoms. The lowest BCUT2D eigenvalue weighted by Gasteiger charge is -2.21. The third kappa shape index (κ3) is 4.35. The van der Waals surface area contributed by atoms with Crippen LogP contribution in [-0.4, -0.2) is 31.7 Å². The Morgan fingerprint density at radius 2 is 1.80 bits per heavy atom. The van der Waals surface area contributed by atoms with E-state index in [0.29, 0.717) is 21.3 Å². The standard InChI is InChI=1S/C21H25N5O3S/c1-11-7-8-15(27)13(3)17(11)23-19(29)16-10-22-20(30-16)24-18(28)14-9-12(2)26(25-14)21(4,5)6/h7-10,27H,1-6H3,(H,23,29)(H,22,24,28). The van der Waals surface area contributed by atoms with E-state index in [1.807, 2.05) is 34.6 Å². The Labute approximate surface area is 179 Å². The maximum Gasteiger partial charge on any atom is 0.277 e. The van der Waals surface area contributed by atoms with Crippen molar-refractivity contribution in [1.29, 1.82) is 0 Å². The smallest absolute Gasteiger partial charge is 0.277 e. The molecular weight excluding hydrogens is 402 g/mol. The van der Waals surface area contributed by atoms with Crippen molar-refractivity contribution in [2.45, 2.75) is 47.1 Å². The van der Waals surface area contributed by atoms with Crippen LogP contribution in [0.2, 0.25) is 0 Å². The van der Waals surface area contributed by atoms with E-state index in [1.54, 1.807) is 29.8 Å². The normalized spacial score (nSPS) is 11.4. The highest BCUT2D eigenvalue weighted by atomic mass is 32.1. The summed E-state index contributed by atoms with van der Waals surface area (Å²) in [6.07, 6.45) is 1.40. The van der Waals surface area contributed by atoms with Gasteiger partial charge < -0.3 is 10.4 Å². The number of aryl methyl sites for hydroxylation is 2. The van der Waals surface area contributed by atoms with Crippen LogP contribution in [0.5, 0.6) is 5.75 Å². The molecule has 3 N–H and O–H groups in total. The fourth-order valence-corrected chi connectivity index (χ4v) is 3.77. The first-order chi connectivity index (χ1) is 14.0. The van der Waals surface area contributed by atoms with E-state index < -0.39 is 0 Å². The Kier molecular flexibility index (Phi) is 5.67. The van der Waals surface area contributed by atoms with E-state index in [4.69, 9.17) is 0 Å². The minimum Gasteiger partial charge on any atom is -0.508 e. The zero-order chi connectivity index (χ0) is 22.2. The number of nitrogens with zero attached hydrogens (tertiary/aromatic N) is 3. The van der Waals surface area contributed by atoms with Crippen LogP contribution in [0.4, 0.5) is 10.8 Å². The van der Waals surface area contributed by atoms with Gasteiger partial charge in [0.15, 0.2) is 10.8 Å². The van der Waals surface area contributed by atoms with Crippen molar-refractivity contribution in [3.63, 3.8) is 0 Å². The minimum absolute atomic E-state index is 0.109. The number of carbonyl (C=O) groups excluding carboxylic acids is 2. The number of thiazole rings is 1. The molecule has 0 atom stereocenters. The van der Waals surface area contributed by atoms with E-state index in [0.717, 1.165) is 22.6 Å². The van der Waals surface area contributed by atoms with Crippen molar-refractivity contribution < 1.29 is 14.7 Å². The van der Waals surface area contributed by atoms with Gasteiger partial charge in [-0.15, -0.1) is 0 Å². The molecule has 3 rings (SSSR count). The second kappa shape index (κ2) is 7.91. The quantitative estimate of drug-likeness (QED) is 0.577. The van der Waals surface area contributed by atoms with Gasteiger partial charge in [-0.05, 0) is 59.2 Å². The summed E-state index contributed by atoms with van der Waals surface area (Å²) in [6, 6.07) is 5.04. The van der Waals surface area contributed by atoms with Crippen LogP contribution in [0, 0.1) is 20.8 Å². The lowest BCUT2D eigenvalue weighted by molar-refractivity contribution is 0.101. The fourth-order valence-electron chi connectivity index (χ4n) is 3.07. The monoisotopic (exact) mass is 427 g/mol. The lowest BCUT2D eigenvalue weighted by atomic mass is 10.1. The lowest BCUT2D eigenvalue weighted by Crippen LogP contribution is -2.25. The highest BCUT2D eigenvalue weighted by molar-refractivity contribution is 7.17. The number of aromatic hydroxyl groups is 1. The van der Waals surface area contributed by atoms with Crippen LogP contribution in [0.25, 0.3) is 0 Å². The summed E-state index contributed by atoms with van der Waals surface area (Å²) >= 11 is 1.06. The summed E-state index contributed by atoms with van der Waals surface area (Å²) in [6.45, 7) is 11.5. The number of carbonyl (C=O) groups is 2. The first-order valence-electron chi connectivity index (χ1n) is 9.42. The van der Waals surface area contributed by atoms with Gasteiger partial charge in [-0.3, -0.25) is 19.6 Å². The Morgan fingerprint density at radius 3 is 2.43 bits per heavy atom. The third-order valence-electron chi connectivity index (χ3n) is 4.59. The first kappa shape index (κ1) is 21.5. The molecule has 0 fully saturated rings. The molecule has 0 radical (unpaired) electrons. The largest absolute Gasteiger partial charge is 0.508 e. The van der Waals surface area contributed by atoms with Gasteiger partial charge in [0.1, 0.15) is 10.6 Å². The highest BCUT2D eigenvalue weighted by Crippen LogP contribution is 2.29. The van der Waals surface area contributed by atoms with Crippen molar-refractivity contribution in [3.8, 4) is 5.75 Å². The Balaban J connectivity index is 1.73. The summed E-state index contributed by atoms with van der Waals surface area (Å²) < 4.78 is 1.79. The number of phenolic OH excluding ortho intramolecular Hbond substituents is 1. The molecule has 0 bridgehead atoms. The topological polar surface area (TPSA) is 109 Å². The molecule has 2 heterocycles. The molecule has 8 nitrogen and oxygen atoms in total. The molecule has 0 saturated carbocycles. The molecule has 2 aromatic heterocycles. The number of benzene rings is 1. The van der Waals surface area contributed by atoms with Crippen LogP contribution < -0.4 is 10.6 Å². The summed E-state index contributed by atoms with van der Waals surface area (Å²) in [4.78, 5) is 29.6. The molecule has 0 aliphatic carbocycles. The maximum atomic E-state index is 12.6. The van der Waals surface area contributed by atoms with Gasteiger partial charge in [-0.1, -0.05) is 17.4 Å². The molecule has 3 aromatic rings. The number of hydrogen-bond acceptors (Lipinski definition) is 6. The number of anilines is 2. The Morgan fingerprint density at radius 1 is 1.10 bits per heavy atom. The number of phenols is 1. The van der Waals surface area contributed by atoms with Gasteiger partial charge >= 0.3 is 0 Å². The molecule has 0 aliphatic heterocycles. The molecule has 0 saturated heterocycles. The number of hydrogen-bond donors (Lipinski definition) is 3. The van der Waals surface area contributed by atoms with Gasteiger partial charge in [0.25, 0.3) is 11.8 Å². The zero-order valence-corrected chi connectivity index (χ0v) is 18.6. The average molecular weight is 428 g/mol. The molecule has 2 amide bonds. The predicted molar refractivity (Wildman–Crippen MR) is 118 cm³/mol. The van der Waals surface area contributed by atoms with Crippen LogP contribution >= 0.6 is 11.3 Å². The zero-order valence-electron chi connectivity index (χ0n) is 17.8. The molecule has 158 valence electrons. The first-order valence-corrected chi connectivity index (χ1v) is 10.2. The van der Waals surface area contributed by atoms with Gasteiger partial charge in [-0.2, -0.15) is 5.10 Å². The molecule has 9 heteroatoms. The summed E-state index contributed by atoms with van der Waals surface area (Å²) in [7, 11) is 0. The molecule has 30 heavy (non-hydrogen) atoms. The van der Waals surface area contributed by atoms with Crippen molar-refractivity contribution in [2.24, 2.45) is 0 Å². The molecule has 0 aliphatic rings. The number of aromatic nitrogens is 3. The summed E-state index contributed by atoms with van der Waals surface area (Å²) in [5, 5.41) is 20.1. The van der Waals surface area contributed by atoms with Crippen LogP contribution in [0.15, 0.2) is 24.4 Å². The number of rotatable bonds is 4. The maximum absolute atomic E-state index is 12.6. The van der Waals surface area contributed by atoms with E-state index >= 15 is 0 Å². The average Bonchev–Trinajstić information content (AvgIpc) is 3.28. The van der Waals surface area contributed by atoms with E-state index in [9.17, 15) is 14.7 Å². The van der Waals surface area contributed by atoms with Crippen molar-refractivity contribution >= 4 is 34.0 Å². The van der Waals surface area contributed by atoms with Gasteiger partial charge in [0, 0.05) is 11.3 Å². The summed E-state index contributed by atoms with van der Waals surface area (Å²) in [5.41, 5.74) is 2.91. The van der Waals surface area contributed by atoms with Crippen LogP contribution in [-0.2, 0) is 5.54 Å². The van der Waals surface area contributed by atoms with Gasteiger partial charge in [0.2, 0.25) is 0 Å². The molecule has 1 aromatic carbocycles. The third-order valence-corrected chi connectivity index (χ3v) is 5.50.